The Morgan fingerprint density at radius 3 is 2.60 bits per heavy atom. The number of nitrogens with one attached hydrogen (secondary N) is 1. The Morgan fingerprint density at radius 2 is 2.05 bits per heavy atom. The van der Waals surface area contributed by atoms with Gasteiger partial charge in [0.05, 0.1) is 11.1 Å². The number of nitrogens with zero attached hydrogens (tertiary/aromatic N) is 3. The van der Waals surface area contributed by atoms with E-state index >= 15 is 0 Å². The van der Waals surface area contributed by atoms with Gasteiger partial charge in [-0.3, -0.25) is 14.9 Å². The summed E-state index contributed by atoms with van der Waals surface area (Å²) in [5.74, 6) is -0.424. The van der Waals surface area contributed by atoms with E-state index in [9.17, 15) is 14.9 Å². The smallest absolute Gasteiger partial charge is 0.271 e. The number of hydrogen-bond acceptors (Lipinski definition) is 4. The SMILES string of the molecule is Cn1ccc(/C=N\NC(=O)c2ccc([N+](=O)[O-])cc2)c1. The van der Waals surface area contributed by atoms with Crippen molar-refractivity contribution in [3.63, 3.8) is 0 Å². The Kier molecular flexibility index (Phi) is 3.90. The van der Waals surface area contributed by atoms with E-state index < -0.39 is 10.8 Å². The first-order chi connectivity index (χ1) is 9.56. The quantitative estimate of drug-likeness (QED) is 0.521. The molecule has 0 unspecified atom stereocenters. The largest absolute Gasteiger partial charge is 0.357 e. The van der Waals surface area contributed by atoms with Gasteiger partial charge in [-0.1, -0.05) is 0 Å². The molecule has 0 bridgehead atoms. The van der Waals surface area contributed by atoms with Crippen molar-refractivity contribution in [1.82, 2.24) is 9.99 Å². The number of amides is 1. The van der Waals surface area contributed by atoms with Gasteiger partial charge in [-0.2, -0.15) is 5.10 Å². The third-order valence-corrected chi connectivity index (χ3v) is 2.57. The lowest BCUT2D eigenvalue weighted by atomic mass is 10.2. The molecular formula is C13H12N4O3. The van der Waals surface area contributed by atoms with Gasteiger partial charge in [0.1, 0.15) is 0 Å². The zero-order chi connectivity index (χ0) is 14.5. The minimum absolute atomic E-state index is 0.0608. The van der Waals surface area contributed by atoms with Crippen molar-refractivity contribution < 1.29 is 9.72 Å². The van der Waals surface area contributed by atoms with Crippen molar-refractivity contribution in [2.75, 3.05) is 0 Å². The van der Waals surface area contributed by atoms with Gasteiger partial charge in [0, 0.05) is 42.7 Å². The van der Waals surface area contributed by atoms with E-state index in [0.717, 1.165) is 5.56 Å². The summed E-state index contributed by atoms with van der Waals surface area (Å²) in [6.45, 7) is 0. The Morgan fingerprint density at radius 1 is 1.35 bits per heavy atom. The molecule has 2 aromatic rings. The minimum Gasteiger partial charge on any atom is -0.357 e. The molecular weight excluding hydrogens is 260 g/mol. The van der Waals surface area contributed by atoms with Crippen LogP contribution in [0.25, 0.3) is 0 Å². The lowest BCUT2D eigenvalue weighted by molar-refractivity contribution is -0.384. The molecule has 1 aromatic carbocycles. The molecule has 2 rings (SSSR count). The molecule has 1 N–H and O–H groups in total. The van der Waals surface area contributed by atoms with E-state index in [1.165, 1.54) is 30.5 Å². The predicted molar refractivity (Wildman–Crippen MR) is 73.6 cm³/mol. The van der Waals surface area contributed by atoms with Crippen molar-refractivity contribution in [3.05, 3.63) is 64.0 Å². The van der Waals surface area contributed by atoms with Crippen LogP contribution in [0.2, 0.25) is 0 Å². The van der Waals surface area contributed by atoms with Crippen LogP contribution in [-0.2, 0) is 7.05 Å². The average Bonchev–Trinajstić information content (AvgIpc) is 2.84. The lowest BCUT2D eigenvalue weighted by Gasteiger charge is -1.98. The highest BCUT2D eigenvalue weighted by Crippen LogP contribution is 2.11. The zero-order valence-electron chi connectivity index (χ0n) is 10.7. The first-order valence-electron chi connectivity index (χ1n) is 5.76. The second-order valence-corrected chi connectivity index (χ2v) is 4.11. The Hall–Kier alpha value is -2.96. The first kappa shape index (κ1) is 13.5. The molecule has 7 heteroatoms. The molecule has 0 aliphatic heterocycles. The first-order valence-corrected chi connectivity index (χ1v) is 5.76. The number of hydrazone groups is 1. The van der Waals surface area contributed by atoms with Crippen LogP contribution in [0.5, 0.6) is 0 Å². The van der Waals surface area contributed by atoms with Gasteiger partial charge in [0.2, 0.25) is 0 Å². The van der Waals surface area contributed by atoms with Gasteiger partial charge in [-0.05, 0) is 18.2 Å². The highest BCUT2D eigenvalue weighted by Gasteiger charge is 2.08. The van der Waals surface area contributed by atoms with Crippen LogP contribution in [0.15, 0.2) is 47.8 Å². The number of nitro groups is 1. The number of carbonyl (C=O) groups is 1. The van der Waals surface area contributed by atoms with Crippen molar-refractivity contribution in [3.8, 4) is 0 Å². The zero-order valence-corrected chi connectivity index (χ0v) is 10.7. The van der Waals surface area contributed by atoms with Crippen LogP contribution in [-0.4, -0.2) is 21.6 Å². The van der Waals surface area contributed by atoms with Crippen LogP contribution >= 0.6 is 0 Å². The van der Waals surface area contributed by atoms with Crippen LogP contribution in [0.4, 0.5) is 5.69 Å². The molecule has 0 saturated heterocycles. The molecule has 0 spiro atoms. The maximum Gasteiger partial charge on any atom is 0.271 e. The summed E-state index contributed by atoms with van der Waals surface area (Å²) in [4.78, 5) is 21.7. The molecule has 0 fully saturated rings. The molecule has 1 amide bonds. The fraction of sp³-hybridized carbons (Fsp3) is 0.0769. The van der Waals surface area contributed by atoms with Crippen LogP contribution in [0, 0.1) is 10.1 Å². The maximum absolute atomic E-state index is 11.7. The number of aryl methyl sites for hydroxylation is 1. The molecule has 0 aliphatic carbocycles. The number of carbonyl (C=O) groups excluding carboxylic acids is 1. The van der Waals surface area contributed by atoms with Crippen molar-refractivity contribution in [2.24, 2.45) is 12.1 Å². The standard InChI is InChI=1S/C13H12N4O3/c1-16-7-6-10(9-16)8-14-15-13(18)11-2-4-12(5-3-11)17(19)20/h2-9H,1H3,(H,15,18)/b14-8-. The minimum atomic E-state index is -0.519. The maximum atomic E-state index is 11.7. The van der Waals surface area contributed by atoms with Crippen LogP contribution in [0.1, 0.15) is 15.9 Å². The van der Waals surface area contributed by atoms with E-state index in [4.69, 9.17) is 0 Å². The molecule has 102 valence electrons. The van der Waals surface area contributed by atoms with Crippen molar-refractivity contribution in [2.45, 2.75) is 0 Å². The molecule has 0 saturated carbocycles. The summed E-state index contributed by atoms with van der Waals surface area (Å²) in [5.41, 5.74) is 3.46. The number of nitro benzene ring substituents is 1. The molecule has 0 aliphatic rings. The van der Waals surface area contributed by atoms with Gasteiger partial charge in [0.15, 0.2) is 0 Å². The Labute approximate surface area is 114 Å². The topological polar surface area (TPSA) is 89.5 Å². The van der Waals surface area contributed by atoms with E-state index in [0.29, 0.717) is 5.56 Å². The average molecular weight is 272 g/mol. The summed E-state index contributed by atoms with van der Waals surface area (Å²) in [6, 6.07) is 7.16. The fourth-order valence-electron chi connectivity index (χ4n) is 1.57. The second-order valence-electron chi connectivity index (χ2n) is 4.11. The predicted octanol–water partition coefficient (Wildman–Crippen LogP) is 1.70. The third-order valence-electron chi connectivity index (χ3n) is 2.57. The molecule has 1 aromatic heterocycles. The number of rotatable bonds is 4. The Bertz CT molecular complexity index is 659. The number of aromatic nitrogens is 1. The summed E-state index contributed by atoms with van der Waals surface area (Å²) < 4.78 is 1.86. The lowest BCUT2D eigenvalue weighted by Crippen LogP contribution is -2.17. The van der Waals surface area contributed by atoms with E-state index in [2.05, 4.69) is 10.5 Å². The number of hydrogen-bond donors (Lipinski definition) is 1. The third kappa shape index (κ3) is 3.29. The van der Waals surface area contributed by atoms with Gasteiger partial charge >= 0.3 is 0 Å². The molecule has 1 heterocycles. The fourth-order valence-corrected chi connectivity index (χ4v) is 1.57. The highest BCUT2D eigenvalue weighted by atomic mass is 16.6. The van der Waals surface area contributed by atoms with Crippen molar-refractivity contribution in [1.29, 1.82) is 0 Å². The summed E-state index contributed by atoms with van der Waals surface area (Å²) >= 11 is 0. The van der Waals surface area contributed by atoms with Crippen LogP contribution < -0.4 is 5.43 Å². The summed E-state index contributed by atoms with van der Waals surface area (Å²) in [6.07, 6.45) is 5.23. The van der Waals surface area contributed by atoms with Crippen LogP contribution in [0.3, 0.4) is 0 Å². The van der Waals surface area contributed by atoms with Crippen molar-refractivity contribution >= 4 is 17.8 Å². The van der Waals surface area contributed by atoms with E-state index in [-0.39, 0.29) is 5.69 Å². The number of non-ortho nitro benzene ring substituents is 1. The van der Waals surface area contributed by atoms with E-state index in [1.807, 2.05) is 30.1 Å². The number of benzene rings is 1. The second kappa shape index (κ2) is 5.79. The summed E-state index contributed by atoms with van der Waals surface area (Å²) in [7, 11) is 1.88. The Balaban J connectivity index is 1.98. The molecule has 0 radical (unpaired) electrons. The van der Waals surface area contributed by atoms with Gasteiger partial charge in [0.25, 0.3) is 11.6 Å². The summed E-state index contributed by atoms with van der Waals surface area (Å²) in [5, 5.41) is 14.3. The molecule has 7 nitrogen and oxygen atoms in total. The van der Waals surface area contributed by atoms with E-state index in [1.54, 1.807) is 0 Å². The monoisotopic (exact) mass is 272 g/mol. The normalized spacial score (nSPS) is 10.7. The molecule has 20 heavy (non-hydrogen) atoms. The van der Waals surface area contributed by atoms with Gasteiger partial charge in [-0.25, -0.2) is 5.43 Å². The van der Waals surface area contributed by atoms with Gasteiger partial charge < -0.3 is 4.57 Å². The molecule has 0 atom stereocenters. The highest BCUT2D eigenvalue weighted by molar-refractivity contribution is 5.95. The van der Waals surface area contributed by atoms with Gasteiger partial charge in [-0.15, -0.1) is 0 Å².